The van der Waals surface area contributed by atoms with Crippen LogP contribution in [0.2, 0.25) is 0 Å². The van der Waals surface area contributed by atoms with Gasteiger partial charge in [-0.1, -0.05) is 0 Å². The first-order valence-electron chi connectivity index (χ1n) is 1.67. The van der Waals surface area contributed by atoms with Crippen molar-refractivity contribution in [1.82, 2.24) is 0 Å². The summed E-state index contributed by atoms with van der Waals surface area (Å²) < 4.78 is 29.5. The SMILES string of the molecule is OB(O)O.[BaH2].[OH][Ti]([OH])([OH])[OH]. The molecule has 0 radical (unpaired) electrons. The third-order valence-corrected chi connectivity index (χ3v) is 0. The first-order chi connectivity index (χ1) is 3.73. The summed E-state index contributed by atoms with van der Waals surface area (Å²) in [6, 6.07) is 0. The van der Waals surface area contributed by atoms with Crippen molar-refractivity contribution >= 4 is 56.2 Å². The average Bonchev–Trinajstić information content (AvgIpc) is 1.19. The summed E-state index contributed by atoms with van der Waals surface area (Å²) in [4.78, 5) is 0. The molecule has 0 amide bonds. The van der Waals surface area contributed by atoms with Crippen molar-refractivity contribution < 1.29 is 48.0 Å². The summed E-state index contributed by atoms with van der Waals surface area (Å²) in [6.07, 6.45) is 0. The van der Waals surface area contributed by atoms with E-state index >= 15 is 0 Å². The van der Waals surface area contributed by atoms with E-state index in [1.807, 2.05) is 0 Å². The van der Waals surface area contributed by atoms with Crippen LogP contribution in [0.15, 0.2) is 0 Å². The van der Waals surface area contributed by atoms with E-state index in [0.29, 0.717) is 0 Å². The third kappa shape index (κ3) is 193. The van der Waals surface area contributed by atoms with Gasteiger partial charge in [0, 0.05) is 0 Å². The normalized spacial score (nSPS) is 8.70. The zero-order valence-corrected chi connectivity index (χ0v) is 5.77. The Bertz CT molecular complexity index is 50.4. The van der Waals surface area contributed by atoms with Gasteiger partial charge in [0.05, 0.1) is 0 Å². The van der Waals surface area contributed by atoms with Crippen molar-refractivity contribution in [2.24, 2.45) is 0 Å². The molecule has 7 nitrogen and oxygen atoms in total. The Morgan fingerprint density at radius 1 is 0.800 bits per heavy atom. The van der Waals surface area contributed by atoms with Crippen LogP contribution < -0.4 is 0 Å². The van der Waals surface area contributed by atoms with Crippen LogP contribution >= 0.6 is 0 Å². The van der Waals surface area contributed by atoms with Gasteiger partial charge in [-0.25, -0.2) is 0 Å². The molecule has 0 unspecified atom stereocenters. The van der Waals surface area contributed by atoms with Gasteiger partial charge in [0.2, 0.25) is 0 Å². The number of hydrogen-bond acceptors (Lipinski definition) is 7. The maximum atomic E-state index is 7.38. The van der Waals surface area contributed by atoms with Crippen LogP contribution in [0, 0.1) is 0 Å². The van der Waals surface area contributed by atoms with Crippen LogP contribution in [-0.2, 0) is 18.1 Å². The molecule has 0 aliphatic heterocycles. The van der Waals surface area contributed by atoms with Crippen molar-refractivity contribution in [2.75, 3.05) is 0 Å². The molecule has 0 aliphatic carbocycles. The van der Waals surface area contributed by atoms with E-state index < -0.39 is 25.5 Å². The van der Waals surface area contributed by atoms with Gasteiger partial charge in [0.1, 0.15) is 0 Å². The third-order valence-electron chi connectivity index (χ3n) is 0. The van der Waals surface area contributed by atoms with Gasteiger partial charge in [-0.2, -0.15) is 0 Å². The van der Waals surface area contributed by atoms with Gasteiger partial charge >= 0.3 is 89.1 Å². The summed E-state index contributed by atoms with van der Waals surface area (Å²) >= 11 is -5.00. The number of hydrogen-bond donors (Lipinski definition) is 7. The molecule has 10 heteroatoms. The molecule has 0 heterocycles. The Morgan fingerprint density at radius 2 is 0.800 bits per heavy atom. The van der Waals surface area contributed by atoms with Crippen molar-refractivity contribution in [3.63, 3.8) is 0 Å². The molecule has 0 aromatic heterocycles. The summed E-state index contributed by atoms with van der Waals surface area (Å²) in [5.41, 5.74) is 0. The molecule has 0 atom stereocenters. The second-order valence-electron chi connectivity index (χ2n) is 0.946. The Labute approximate surface area is 102 Å². The van der Waals surface area contributed by atoms with Gasteiger partial charge in [-0.15, -0.1) is 0 Å². The molecular formula is H9BBaO7Ti. The zero-order valence-electron chi connectivity index (χ0n) is 4.21. The van der Waals surface area contributed by atoms with Gasteiger partial charge in [-0.3, -0.25) is 0 Å². The fourth-order valence-electron chi connectivity index (χ4n) is 0. The molecule has 10 heavy (non-hydrogen) atoms. The summed E-state index contributed by atoms with van der Waals surface area (Å²) in [7, 11) is -2.17. The molecular weight excluding hydrogens is 308 g/mol. The molecule has 7 N–H and O–H groups in total. The summed E-state index contributed by atoms with van der Waals surface area (Å²) in [5.74, 6) is 0. The first kappa shape index (κ1) is 18.0. The fourth-order valence-corrected chi connectivity index (χ4v) is 0. The Balaban J connectivity index is -0.0000000910. The molecule has 60 valence electrons. The minimum absolute atomic E-state index is 0. The van der Waals surface area contributed by atoms with Gasteiger partial charge in [0.25, 0.3) is 0 Å². The Hall–Kier alpha value is 2.07. The molecule has 0 saturated carbocycles. The van der Waals surface area contributed by atoms with Crippen LogP contribution in [0.4, 0.5) is 0 Å². The molecule has 0 bridgehead atoms. The Kier molecular flexibility index (Phi) is 16.5. The van der Waals surface area contributed by atoms with E-state index in [-0.39, 0.29) is 48.9 Å². The maximum absolute atomic E-state index is 7.38. The van der Waals surface area contributed by atoms with Crippen LogP contribution in [-0.4, -0.2) is 86.0 Å². The molecule has 0 aromatic rings. The van der Waals surface area contributed by atoms with E-state index in [4.69, 9.17) is 29.8 Å². The second-order valence-corrected chi connectivity index (χ2v) is 2.82. The molecule has 0 fully saturated rings. The van der Waals surface area contributed by atoms with Crippen LogP contribution in [0.1, 0.15) is 0 Å². The average molecular weight is 317 g/mol. The predicted molar refractivity (Wildman–Crippen MR) is 29.8 cm³/mol. The van der Waals surface area contributed by atoms with E-state index in [0.717, 1.165) is 0 Å². The van der Waals surface area contributed by atoms with Gasteiger partial charge < -0.3 is 15.1 Å². The van der Waals surface area contributed by atoms with E-state index in [9.17, 15) is 0 Å². The van der Waals surface area contributed by atoms with Crippen molar-refractivity contribution in [2.45, 2.75) is 0 Å². The van der Waals surface area contributed by atoms with E-state index in [1.54, 1.807) is 0 Å². The van der Waals surface area contributed by atoms with Crippen molar-refractivity contribution in [3.8, 4) is 0 Å². The van der Waals surface area contributed by atoms with E-state index in [2.05, 4.69) is 0 Å². The van der Waals surface area contributed by atoms with Crippen molar-refractivity contribution in [3.05, 3.63) is 0 Å². The molecule has 0 spiro atoms. The first-order valence-corrected chi connectivity index (χ1v) is 4.46. The Morgan fingerprint density at radius 3 is 0.800 bits per heavy atom. The van der Waals surface area contributed by atoms with E-state index in [1.165, 1.54) is 0 Å². The standard InChI is InChI=1S/BH3O3.Ba.4H2O.Ti.2H/c2-1(3)4;;;;;;;;/h2-4H;;4*1H2;;;/q;;;;;;+4;;/p-4. The second kappa shape index (κ2) is 9.16. The number of rotatable bonds is 0. The molecule has 0 aliphatic rings. The molecule has 0 rings (SSSR count). The fraction of sp³-hybridized carbons (Fsp3) is 0. The quantitative estimate of drug-likeness (QED) is 0.221. The molecule has 0 aromatic carbocycles. The minimum atomic E-state index is -5.00. The van der Waals surface area contributed by atoms with Crippen LogP contribution in [0.25, 0.3) is 0 Å². The van der Waals surface area contributed by atoms with Crippen molar-refractivity contribution in [1.29, 1.82) is 0 Å². The predicted octanol–water partition coefficient (Wildman–Crippen LogP) is -5.20. The zero-order chi connectivity index (χ0) is 8.08. The summed E-state index contributed by atoms with van der Waals surface area (Å²) in [6.45, 7) is 0. The van der Waals surface area contributed by atoms with Gasteiger partial charge in [0.15, 0.2) is 0 Å². The van der Waals surface area contributed by atoms with Crippen LogP contribution in [0.5, 0.6) is 0 Å². The topological polar surface area (TPSA) is 142 Å². The monoisotopic (exact) mass is 318 g/mol. The van der Waals surface area contributed by atoms with Crippen LogP contribution in [0.3, 0.4) is 0 Å². The molecule has 0 saturated heterocycles. The van der Waals surface area contributed by atoms with Gasteiger partial charge in [-0.05, 0) is 0 Å². The summed E-state index contributed by atoms with van der Waals surface area (Å²) in [5, 5.41) is 21.5.